The molecule has 1 atom stereocenters. The van der Waals surface area contributed by atoms with Gasteiger partial charge in [0.05, 0.1) is 5.69 Å². The van der Waals surface area contributed by atoms with Gasteiger partial charge in [-0.3, -0.25) is 4.90 Å². The third kappa shape index (κ3) is 3.71. The van der Waals surface area contributed by atoms with E-state index < -0.39 is 18.1 Å². The Labute approximate surface area is 121 Å². The lowest BCUT2D eigenvalue weighted by Gasteiger charge is -2.27. The lowest BCUT2D eigenvalue weighted by molar-refractivity contribution is -0.138. The van der Waals surface area contributed by atoms with Gasteiger partial charge < -0.3 is 9.84 Å². The van der Waals surface area contributed by atoms with Crippen LogP contribution < -0.4 is 4.90 Å². The van der Waals surface area contributed by atoms with Crippen LogP contribution in [0.1, 0.15) is 13.3 Å². The summed E-state index contributed by atoms with van der Waals surface area (Å²) in [5.41, 5.74) is 0.192. The molecule has 0 aliphatic heterocycles. The van der Waals surface area contributed by atoms with Crippen LogP contribution in [0.3, 0.4) is 0 Å². The van der Waals surface area contributed by atoms with Crippen LogP contribution in [0.4, 0.5) is 10.5 Å². The molecule has 1 N–H and O–H groups in total. The van der Waals surface area contributed by atoms with Gasteiger partial charge >= 0.3 is 12.1 Å². The Morgan fingerprint density at radius 1 is 1.65 bits per heavy atom. The Hall–Kier alpha value is -2.08. The van der Waals surface area contributed by atoms with E-state index in [2.05, 4.69) is 11.6 Å². The van der Waals surface area contributed by atoms with Gasteiger partial charge in [0.15, 0.2) is 5.15 Å². The molecule has 0 fully saturated rings. The monoisotopic (exact) mass is 298 g/mol. The lowest BCUT2D eigenvalue weighted by Crippen LogP contribution is -2.45. The van der Waals surface area contributed by atoms with Crippen molar-refractivity contribution < 1.29 is 19.4 Å². The van der Waals surface area contributed by atoms with Crippen molar-refractivity contribution >= 4 is 29.4 Å². The van der Waals surface area contributed by atoms with Gasteiger partial charge in [0.25, 0.3) is 0 Å². The first kappa shape index (κ1) is 16.0. The van der Waals surface area contributed by atoms with Gasteiger partial charge in [0, 0.05) is 6.20 Å². The van der Waals surface area contributed by atoms with E-state index >= 15 is 0 Å². The Morgan fingerprint density at radius 2 is 2.35 bits per heavy atom. The third-order valence-electron chi connectivity index (χ3n) is 2.50. The summed E-state index contributed by atoms with van der Waals surface area (Å²) >= 11 is 5.93. The van der Waals surface area contributed by atoms with Gasteiger partial charge in [-0.15, -0.1) is 0 Å². The van der Waals surface area contributed by atoms with Gasteiger partial charge in [-0.2, -0.15) is 0 Å². The van der Waals surface area contributed by atoms with Crippen molar-refractivity contribution in [1.29, 1.82) is 0 Å². The van der Waals surface area contributed by atoms with E-state index in [0.717, 1.165) is 4.90 Å². The molecule has 1 rings (SSSR count). The molecule has 0 aliphatic carbocycles. The number of rotatable bonds is 6. The van der Waals surface area contributed by atoms with E-state index in [1.54, 1.807) is 13.0 Å². The van der Waals surface area contributed by atoms with Gasteiger partial charge in [-0.05, 0) is 18.6 Å². The quantitative estimate of drug-likeness (QED) is 0.645. The second-order valence-electron chi connectivity index (χ2n) is 3.81. The summed E-state index contributed by atoms with van der Waals surface area (Å²) in [4.78, 5) is 28.2. The molecule has 0 saturated heterocycles. The van der Waals surface area contributed by atoms with Crippen molar-refractivity contribution in [2.75, 3.05) is 11.5 Å². The fourth-order valence-electron chi connectivity index (χ4n) is 1.62. The molecular weight excluding hydrogens is 284 g/mol. The first-order valence-corrected chi connectivity index (χ1v) is 6.30. The maximum Gasteiger partial charge on any atom is 0.415 e. The molecular formula is C13H15ClN2O4. The smallest absolute Gasteiger partial charge is 0.415 e. The van der Waals surface area contributed by atoms with Gasteiger partial charge in [0.1, 0.15) is 12.6 Å². The number of anilines is 1. The van der Waals surface area contributed by atoms with Crippen LogP contribution in [0, 0.1) is 0 Å². The molecule has 0 bridgehead atoms. The van der Waals surface area contributed by atoms with Crippen LogP contribution in [0.5, 0.6) is 0 Å². The van der Waals surface area contributed by atoms with Crippen molar-refractivity contribution in [2.45, 2.75) is 19.4 Å². The normalized spacial score (nSPS) is 11.5. The first-order valence-electron chi connectivity index (χ1n) is 5.93. The zero-order chi connectivity index (χ0) is 15.1. The fourth-order valence-corrected chi connectivity index (χ4v) is 1.83. The summed E-state index contributed by atoms with van der Waals surface area (Å²) in [5.74, 6) is -1.15. The van der Waals surface area contributed by atoms with Crippen LogP contribution in [0.25, 0.3) is 0 Å². The van der Waals surface area contributed by atoms with Crippen LogP contribution in [-0.2, 0) is 9.53 Å². The van der Waals surface area contributed by atoms with Crippen LogP contribution in [0.2, 0.25) is 5.15 Å². The molecule has 1 heterocycles. The fraction of sp³-hybridized carbons (Fsp3) is 0.308. The lowest BCUT2D eigenvalue weighted by atomic mass is 10.2. The zero-order valence-electron chi connectivity index (χ0n) is 11.0. The van der Waals surface area contributed by atoms with Crippen molar-refractivity contribution in [3.63, 3.8) is 0 Å². The molecule has 1 amide bonds. The molecule has 108 valence electrons. The van der Waals surface area contributed by atoms with Crippen LogP contribution >= 0.6 is 11.6 Å². The second kappa shape index (κ2) is 7.49. The number of halogens is 1. The van der Waals surface area contributed by atoms with Crippen LogP contribution in [-0.4, -0.2) is 34.8 Å². The summed E-state index contributed by atoms with van der Waals surface area (Å²) in [5, 5.41) is 9.27. The van der Waals surface area contributed by atoms with Gasteiger partial charge in [0.2, 0.25) is 0 Å². The highest BCUT2D eigenvalue weighted by Gasteiger charge is 2.32. The molecule has 0 aromatic carbocycles. The van der Waals surface area contributed by atoms with Crippen molar-refractivity contribution in [1.82, 2.24) is 4.98 Å². The number of pyridine rings is 1. The number of hydrogen-bond acceptors (Lipinski definition) is 4. The Morgan fingerprint density at radius 3 is 2.85 bits per heavy atom. The number of carbonyl (C=O) groups is 2. The summed E-state index contributed by atoms with van der Waals surface area (Å²) in [6.07, 6.45) is 2.22. The molecule has 20 heavy (non-hydrogen) atoms. The minimum Gasteiger partial charge on any atom is -0.480 e. The van der Waals surface area contributed by atoms with E-state index in [1.165, 1.54) is 18.3 Å². The standard InChI is InChI=1S/C13H15ClN2O4/c1-3-8-20-13(19)16(9(4-2)12(17)18)10-6-5-7-15-11(10)14/h3,5-7,9H,1,4,8H2,2H3,(H,17,18). The van der Waals surface area contributed by atoms with Crippen molar-refractivity contribution in [3.05, 3.63) is 36.1 Å². The van der Waals surface area contributed by atoms with E-state index in [9.17, 15) is 14.7 Å². The Bertz CT molecular complexity index is 507. The van der Waals surface area contributed by atoms with E-state index in [4.69, 9.17) is 16.3 Å². The average molecular weight is 299 g/mol. The molecule has 1 unspecified atom stereocenters. The predicted molar refractivity (Wildman–Crippen MR) is 75.0 cm³/mol. The van der Waals surface area contributed by atoms with E-state index in [-0.39, 0.29) is 23.9 Å². The number of carbonyl (C=O) groups excluding carboxylic acids is 1. The van der Waals surface area contributed by atoms with Crippen LogP contribution in [0.15, 0.2) is 31.0 Å². The third-order valence-corrected chi connectivity index (χ3v) is 2.79. The van der Waals surface area contributed by atoms with Crippen molar-refractivity contribution in [3.8, 4) is 0 Å². The average Bonchev–Trinajstić information content (AvgIpc) is 2.42. The summed E-state index contributed by atoms with van der Waals surface area (Å²) in [6.45, 7) is 5.06. The molecule has 0 radical (unpaired) electrons. The summed E-state index contributed by atoms with van der Waals surface area (Å²) < 4.78 is 4.91. The highest BCUT2D eigenvalue weighted by Crippen LogP contribution is 2.26. The second-order valence-corrected chi connectivity index (χ2v) is 4.17. The van der Waals surface area contributed by atoms with E-state index in [1.807, 2.05) is 0 Å². The molecule has 1 aromatic heterocycles. The number of aliphatic carboxylic acids is 1. The topological polar surface area (TPSA) is 79.7 Å². The minimum atomic E-state index is -1.15. The number of amides is 1. The highest BCUT2D eigenvalue weighted by molar-refractivity contribution is 6.32. The predicted octanol–water partition coefficient (Wildman–Crippen LogP) is 2.73. The molecule has 1 aromatic rings. The first-order chi connectivity index (χ1) is 9.52. The van der Waals surface area contributed by atoms with Gasteiger partial charge in [-0.1, -0.05) is 31.2 Å². The number of hydrogen-bond donors (Lipinski definition) is 1. The molecule has 0 spiro atoms. The maximum atomic E-state index is 12.1. The maximum absolute atomic E-state index is 12.1. The SMILES string of the molecule is C=CCOC(=O)N(c1cccnc1Cl)C(CC)C(=O)O. The molecule has 0 aliphatic rings. The number of carboxylic acids is 1. The highest BCUT2D eigenvalue weighted by atomic mass is 35.5. The summed E-state index contributed by atoms with van der Waals surface area (Å²) in [6, 6.07) is 1.98. The van der Waals surface area contributed by atoms with E-state index in [0.29, 0.717) is 0 Å². The molecule has 6 nitrogen and oxygen atoms in total. The number of aromatic nitrogens is 1. The number of carboxylic acid groups (broad SMARTS) is 1. The summed E-state index contributed by atoms with van der Waals surface area (Å²) in [7, 11) is 0. The Balaban J connectivity index is 3.19. The number of nitrogens with zero attached hydrogens (tertiary/aromatic N) is 2. The number of ether oxygens (including phenoxy) is 1. The molecule has 7 heteroatoms. The minimum absolute atomic E-state index is 0.0245. The Kier molecular flexibility index (Phi) is 5.99. The van der Waals surface area contributed by atoms with Gasteiger partial charge in [-0.25, -0.2) is 14.6 Å². The molecule has 0 saturated carbocycles. The van der Waals surface area contributed by atoms with Crippen molar-refractivity contribution in [2.24, 2.45) is 0 Å². The largest absolute Gasteiger partial charge is 0.480 e. The zero-order valence-corrected chi connectivity index (χ0v) is 11.7.